The number of carboxylic acid groups (broad SMARTS) is 1. The lowest BCUT2D eigenvalue weighted by Crippen LogP contribution is -2.33. The molecule has 1 atom stereocenters. The Hall–Kier alpha value is -2.30. The number of nitrogens with zero attached hydrogens (tertiary/aromatic N) is 1. The number of halogens is 1. The molecule has 150 valence electrons. The molecular formula is C18H18FNO6S2. The van der Waals surface area contributed by atoms with E-state index in [1.54, 1.807) is 30.3 Å². The number of carbonyl (C=O) groups is 1. The lowest BCUT2D eigenvalue weighted by atomic mass is 10.1. The van der Waals surface area contributed by atoms with Gasteiger partial charge in [0.15, 0.2) is 9.84 Å². The van der Waals surface area contributed by atoms with Gasteiger partial charge in [0.25, 0.3) is 0 Å². The molecule has 28 heavy (non-hydrogen) atoms. The van der Waals surface area contributed by atoms with Crippen LogP contribution in [0.4, 0.5) is 4.39 Å². The third-order valence-electron chi connectivity index (χ3n) is 4.68. The first-order valence-electron chi connectivity index (χ1n) is 8.42. The molecule has 2 aromatic rings. The maximum Gasteiger partial charge on any atom is 0.338 e. The maximum atomic E-state index is 13.6. The van der Waals surface area contributed by atoms with E-state index in [1.807, 2.05) is 0 Å². The quantitative estimate of drug-likeness (QED) is 0.800. The first-order valence-corrected chi connectivity index (χ1v) is 11.6. The largest absolute Gasteiger partial charge is 0.478 e. The number of rotatable bonds is 4. The Labute approximate surface area is 162 Å². The Bertz CT molecular complexity index is 1100. The van der Waals surface area contributed by atoms with E-state index in [2.05, 4.69) is 0 Å². The first kappa shape index (κ1) is 20.4. The summed E-state index contributed by atoms with van der Waals surface area (Å²) in [5.41, 5.74) is -0.164. The molecule has 1 heterocycles. The van der Waals surface area contributed by atoms with Gasteiger partial charge in [0.2, 0.25) is 10.0 Å². The fourth-order valence-electron chi connectivity index (χ4n) is 3.18. The Morgan fingerprint density at radius 3 is 2.43 bits per heavy atom. The van der Waals surface area contributed by atoms with Gasteiger partial charge in [-0.2, -0.15) is 4.31 Å². The lowest BCUT2D eigenvalue weighted by molar-refractivity contribution is 0.0691. The van der Waals surface area contributed by atoms with Gasteiger partial charge in [0, 0.05) is 13.1 Å². The van der Waals surface area contributed by atoms with Crippen molar-refractivity contribution in [2.45, 2.75) is 16.6 Å². The highest BCUT2D eigenvalue weighted by molar-refractivity contribution is 7.92. The van der Waals surface area contributed by atoms with Crippen LogP contribution in [0.2, 0.25) is 0 Å². The van der Waals surface area contributed by atoms with E-state index in [1.165, 1.54) is 0 Å². The van der Waals surface area contributed by atoms with E-state index in [0.717, 1.165) is 22.5 Å². The molecule has 0 spiro atoms. The van der Waals surface area contributed by atoms with Crippen LogP contribution >= 0.6 is 0 Å². The summed E-state index contributed by atoms with van der Waals surface area (Å²) in [5, 5.41) is 8.19. The SMILES string of the molecule is O=C(O)c1cc(S(=O)(=O)N2CCC(c3ccccc3)S(=O)(=O)CC2)ccc1F. The van der Waals surface area contributed by atoms with Crippen molar-refractivity contribution in [3.63, 3.8) is 0 Å². The summed E-state index contributed by atoms with van der Waals surface area (Å²) in [6, 6.07) is 11.1. The average Bonchev–Trinajstić information content (AvgIpc) is 2.80. The van der Waals surface area contributed by atoms with Crippen LogP contribution in [0.15, 0.2) is 53.4 Å². The highest BCUT2D eigenvalue weighted by atomic mass is 32.2. The van der Waals surface area contributed by atoms with E-state index in [-0.39, 0.29) is 30.2 Å². The Kier molecular flexibility index (Phi) is 5.55. The van der Waals surface area contributed by atoms with Crippen LogP contribution in [0.5, 0.6) is 0 Å². The Morgan fingerprint density at radius 1 is 1.11 bits per heavy atom. The second-order valence-corrected chi connectivity index (χ2v) is 10.6. The monoisotopic (exact) mass is 427 g/mol. The van der Waals surface area contributed by atoms with Gasteiger partial charge < -0.3 is 5.11 Å². The average molecular weight is 427 g/mol. The third-order valence-corrected chi connectivity index (χ3v) is 8.70. The van der Waals surface area contributed by atoms with Gasteiger partial charge in [-0.1, -0.05) is 30.3 Å². The molecule has 0 aliphatic carbocycles. The number of hydrogen-bond acceptors (Lipinski definition) is 5. The molecule has 1 saturated heterocycles. The fourth-order valence-corrected chi connectivity index (χ4v) is 6.58. The summed E-state index contributed by atoms with van der Waals surface area (Å²) in [5.74, 6) is -3.00. The summed E-state index contributed by atoms with van der Waals surface area (Å²) < 4.78 is 65.7. The molecule has 0 radical (unpaired) electrons. The molecule has 0 saturated carbocycles. The smallest absolute Gasteiger partial charge is 0.338 e. The number of benzene rings is 2. The molecule has 1 aliphatic rings. The Morgan fingerprint density at radius 2 is 1.79 bits per heavy atom. The molecule has 0 bridgehead atoms. The van der Waals surface area contributed by atoms with Gasteiger partial charge in [-0.3, -0.25) is 0 Å². The summed E-state index contributed by atoms with van der Waals surface area (Å²) >= 11 is 0. The van der Waals surface area contributed by atoms with Crippen molar-refractivity contribution in [3.8, 4) is 0 Å². The van der Waals surface area contributed by atoms with Crippen LogP contribution in [-0.4, -0.2) is 51.1 Å². The molecule has 1 unspecified atom stereocenters. The van der Waals surface area contributed by atoms with Gasteiger partial charge in [-0.05, 0) is 30.2 Å². The van der Waals surface area contributed by atoms with Gasteiger partial charge in [-0.15, -0.1) is 0 Å². The zero-order chi connectivity index (χ0) is 20.5. The second kappa shape index (κ2) is 7.61. The van der Waals surface area contributed by atoms with Gasteiger partial charge >= 0.3 is 5.97 Å². The Balaban J connectivity index is 1.93. The topological polar surface area (TPSA) is 109 Å². The highest BCUT2D eigenvalue weighted by Gasteiger charge is 2.36. The molecule has 0 amide bonds. The maximum absolute atomic E-state index is 13.6. The van der Waals surface area contributed by atoms with Crippen LogP contribution < -0.4 is 0 Å². The van der Waals surface area contributed by atoms with Gasteiger partial charge in [0.1, 0.15) is 5.82 Å². The third kappa shape index (κ3) is 3.94. The minimum Gasteiger partial charge on any atom is -0.478 e. The number of hydrogen-bond donors (Lipinski definition) is 1. The van der Waals surface area contributed by atoms with Crippen LogP contribution in [0, 0.1) is 5.82 Å². The van der Waals surface area contributed by atoms with Crippen molar-refractivity contribution in [1.29, 1.82) is 0 Å². The van der Waals surface area contributed by atoms with Gasteiger partial charge in [0.05, 0.1) is 21.5 Å². The van der Waals surface area contributed by atoms with Crippen LogP contribution in [0.1, 0.15) is 27.6 Å². The molecule has 7 nitrogen and oxygen atoms in total. The highest BCUT2D eigenvalue weighted by Crippen LogP contribution is 2.31. The van der Waals surface area contributed by atoms with Crippen molar-refractivity contribution in [1.82, 2.24) is 4.31 Å². The van der Waals surface area contributed by atoms with Crippen molar-refractivity contribution < 1.29 is 31.1 Å². The minimum atomic E-state index is -4.18. The molecule has 0 aromatic heterocycles. The number of aromatic carboxylic acids is 1. The van der Waals surface area contributed by atoms with Crippen molar-refractivity contribution in [3.05, 3.63) is 65.5 Å². The summed E-state index contributed by atoms with van der Waals surface area (Å²) in [7, 11) is -7.75. The standard InChI is InChI=1S/C18H18FNO6S2/c19-16-7-6-14(12-15(16)18(21)22)28(25,26)20-9-8-17(27(23,24)11-10-20)13-4-2-1-3-5-13/h1-7,12,17H,8-11H2,(H,21,22). The lowest BCUT2D eigenvalue weighted by Gasteiger charge is -2.20. The van der Waals surface area contributed by atoms with Gasteiger partial charge in [-0.25, -0.2) is 26.0 Å². The molecular weight excluding hydrogens is 409 g/mol. The first-order chi connectivity index (χ1) is 13.1. The number of sulfonamides is 1. The van der Waals surface area contributed by atoms with Crippen molar-refractivity contribution in [2.24, 2.45) is 0 Å². The molecule has 1 N–H and O–H groups in total. The van der Waals surface area contributed by atoms with E-state index in [9.17, 15) is 26.0 Å². The predicted molar refractivity (Wildman–Crippen MR) is 99.7 cm³/mol. The molecule has 10 heteroatoms. The summed E-state index contributed by atoms with van der Waals surface area (Å²) in [4.78, 5) is 10.7. The van der Waals surface area contributed by atoms with Crippen molar-refractivity contribution >= 4 is 25.8 Å². The zero-order valence-corrected chi connectivity index (χ0v) is 16.3. The molecule has 1 aliphatic heterocycles. The van der Waals surface area contributed by atoms with Crippen LogP contribution in [-0.2, 0) is 19.9 Å². The van der Waals surface area contributed by atoms with Crippen LogP contribution in [0.25, 0.3) is 0 Å². The molecule has 2 aromatic carbocycles. The normalized spacial score (nSPS) is 20.4. The molecule has 3 rings (SSSR count). The summed E-state index contributed by atoms with van der Waals surface area (Å²) in [6.45, 7) is -0.311. The predicted octanol–water partition coefficient (Wildman–Crippen LogP) is 2.07. The van der Waals surface area contributed by atoms with E-state index in [0.29, 0.717) is 5.56 Å². The second-order valence-electron chi connectivity index (χ2n) is 6.41. The van der Waals surface area contributed by atoms with Crippen LogP contribution in [0.3, 0.4) is 0 Å². The van der Waals surface area contributed by atoms with E-state index < -0.39 is 42.5 Å². The number of sulfone groups is 1. The molecule has 1 fully saturated rings. The van der Waals surface area contributed by atoms with E-state index in [4.69, 9.17) is 5.11 Å². The fraction of sp³-hybridized carbons (Fsp3) is 0.278. The summed E-state index contributed by atoms with van der Waals surface area (Å²) in [6.07, 6.45) is 0.0680. The van der Waals surface area contributed by atoms with Crippen molar-refractivity contribution in [2.75, 3.05) is 18.8 Å². The minimum absolute atomic E-state index is 0.0547. The zero-order valence-electron chi connectivity index (χ0n) is 14.7. The number of carboxylic acids is 1. The van der Waals surface area contributed by atoms with E-state index >= 15 is 0 Å².